The van der Waals surface area contributed by atoms with Crippen LogP contribution in [0.3, 0.4) is 0 Å². The van der Waals surface area contributed by atoms with Crippen molar-refractivity contribution in [3.63, 3.8) is 0 Å². The van der Waals surface area contributed by atoms with E-state index in [9.17, 15) is 8.78 Å². The Kier molecular flexibility index (Phi) is 3.77. The van der Waals surface area contributed by atoms with Crippen LogP contribution in [0.2, 0.25) is 0 Å². The van der Waals surface area contributed by atoms with Gasteiger partial charge in [-0.2, -0.15) is 0 Å². The number of hydrogen-bond acceptors (Lipinski definition) is 4. The average molecular weight is 211 g/mol. The molecule has 84 valence electrons. The second-order valence-corrected chi connectivity index (χ2v) is 3.39. The fourth-order valence-electron chi connectivity index (χ4n) is 1.45. The van der Waals surface area contributed by atoms with Gasteiger partial charge in [0.05, 0.1) is 13.1 Å². The third kappa shape index (κ3) is 2.38. The maximum atomic E-state index is 12.0. The van der Waals surface area contributed by atoms with Crippen LogP contribution in [-0.2, 0) is 9.47 Å². The Labute approximate surface area is 81.4 Å². The van der Waals surface area contributed by atoms with Gasteiger partial charge in [0.1, 0.15) is 6.10 Å². The highest BCUT2D eigenvalue weighted by Gasteiger charge is 2.44. The first kappa shape index (κ1) is 11.8. The van der Waals surface area contributed by atoms with E-state index < -0.39 is 18.3 Å². The first-order valence-electron chi connectivity index (χ1n) is 4.32. The normalized spacial score (nSPS) is 23.6. The molecule has 1 atom stereocenters. The standard InChI is InChI=1S/C8H15F2NO3/c1-13-8(14-2)4-11(5-8)3-6(12)7(9)10/h6-7,12H,3-5H2,1-2H3. The van der Waals surface area contributed by atoms with Crippen LogP contribution < -0.4 is 0 Å². The smallest absolute Gasteiger partial charge is 0.265 e. The number of methoxy groups -OCH3 is 2. The molecule has 6 heteroatoms. The van der Waals surface area contributed by atoms with Crippen LogP contribution in [0.15, 0.2) is 0 Å². The fourth-order valence-corrected chi connectivity index (χ4v) is 1.45. The van der Waals surface area contributed by atoms with Gasteiger partial charge in [-0.15, -0.1) is 0 Å². The van der Waals surface area contributed by atoms with Gasteiger partial charge >= 0.3 is 0 Å². The number of rotatable bonds is 5. The third-order valence-electron chi connectivity index (χ3n) is 2.41. The first-order chi connectivity index (χ1) is 6.53. The SMILES string of the molecule is COC1(OC)CN(CC(O)C(F)F)C1. The number of β-amino-alcohol motifs (C(OH)–C–C–N with tert-alkyl or cyclic N) is 1. The average Bonchev–Trinajstić information content (AvgIpc) is 2.10. The molecule has 0 aromatic carbocycles. The zero-order valence-corrected chi connectivity index (χ0v) is 8.24. The molecule has 0 aromatic rings. The van der Waals surface area contributed by atoms with E-state index in [0.717, 1.165) is 0 Å². The van der Waals surface area contributed by atoms with E-state index in [4.69, 9.17) is 14.6 Å². The van der Waals surface area contributed by atoms with Gasteiger partial charge in [-0.1, -0.05) is 0 Å². The minimum absolute atomic E-state index is 0.0495. The molecular formula is C8H15F2NO3. The van der Waals surface area contributed by atoms with Crippen molar-refractivity contribution in [3.8, 4) is 0 Å². The number of hydrogen-bond donors (Lipinski definition) is 1. The summed E-state index contributed by atoms with van der Waals surface area (Å²) in [6.45, 7) is 0.764. The number of nitrogens with zero attached hydrogens (tertiary/aromatic N) is 1. The summed E-state index contributed by atoms with van der Waals surface area (Å²) in [5, 5.41) is 8.90. The molecule has 0 saturated carbocycles. The summed E-state index contributed by atoms with van der Waals surface area (Å²) in [4.78, 5) is 1.66. The lowest BCUT2D eigenvalue weighted by Crippen LogP contribution is -2.65. The monoisotopic (exact) mass is 211 g/mol. The molecule has 0 radical (unpaired) electrons. The topological polar surface area (TPSA) is 41.9 Å². The van der Waals surface area contributed by atoms with Crippen molar-refractivity contribution >= 4 is 0 Å². The molecule has 0 spiro atoms. The summed E-state index contributed by atoms with van der Waals surface area (Å²) < 4.78 is 34.1. The lowest BCUT2D eigenvalue weighted by molar-refractivity contribution is -0.279. The van der Waals surface area contributed by atoms with Crippen molar-refractivity contribution in [3.05, 3.63) is 0 Å². The predicted molar refractivity (Wildman–Crippen MR) is 45.2 cm³/mol. The maximum Gasteiger partial charge on any atom is 0.265 e. The van der Waals surface area contributed by atoms with E-state index in [0.29, 0.717) is 13.1 Å². The van der Waals surface area contributed by atoms with Crippen molar-refractivity contribution < 1.29 is 23.4 Å². The highest BCUT2D eigenvalue weighted by atomic mass is 19.3. The van der Waals surface area contributed by atoms with Crippen molar-refractivity contribution in [1.82, 2.24) is 4.90 Å². The van der Waals surface area contributed by atoms with Crippen LogP contribution in [0, 0.1) is 0 Å². The van der Waals surface area contributed by atoms with E-state index in [1.54, 1.807) is 4.90 Å². The third-order valence-corrected chi connectivity index (χ3v) is 2.41. The van der Waals surface area contributed by atoms with Crippen LogP contribution >= 0.6 is 0 Å². The van der Waals surface area contributed by atoms with Crippen LogP contribution in [0.25, 0.3) is 0 Å². The van der Waals surface area contributed by atoms with Gasteiger partial charge in [0.15, 0.2) is 5.79 Å². The molecule has 1 saturated heterocycles. The van der Waals surface area contributed by atoms with Gasteiger partial charge in [-0.25, -0.2) is 8.78 Å². The summed E-state index contributed by atoms with van der Waals surface area (Å²) >= 11 is 0. The molecular weight excluding hydrogens is 196 g/mol. The van der Waals surface area contributed by atoms with Gasteiger partial charge in [0, 0.05) is 20.8 Å². The van der Waals surface area contributed by atoms with Crippen LogP contribution in [-0.4, -0.2) is 62.2 Å². The quantitative estimate of drug-likeness (QED) is 0.646. The molecule has 1 N–H and O–H groups in total. The highest BCUT2D eigenvalue weighted by molar-refractivity contribution is 4.90. The van der Waals surface area contributed by atoms with E-state index >= 15 is 0 Å². The van der Waals surface area contributed by atoms with E-state index in [1.165, 1.54) is 14.2 Å². The zero-order valence-electron chi connectivity index (χ0n) is 8.24. The molecule has 1 rings (SSSR count). The number of aliphatic hydroxyl groups excluding tert-OH is 1. The van der Waals surface area contributed by atoms with Crippen molar-refractivity contribution in [2.75, 3.05) is 33.9 Å². The highest BCUT2D eigenvalue weighted by Crippen LogP contribution is 2.25. The Balaban J connectivity index is 2.27. The molecule has 0 aromatic heterocycles. The molecule has 1 aliphatic heterocycles. The molecule has 0 bridgehead atoms. The Morgan fingerprint density at radius 2 is 1.86 bits per heavy atom. The van der Waals surface area contributed by atoms with E-state index in [-0.39, 0.29) is 6.54 Å². The second kappa shape index (κ2) is 4.48. The predicted octanol–water partition coefficient (Wildman–Crippen LogP) is -0.0829. The maximum absolute atomic E-state index is 12.0. The zero-order chi connectivity index (χ0) is 10.8. The van der Waals surface area contributed by atoms with Crippen molar-refractivity contribution in [1.29, 1.82) is 0 Å². The van der Waals surface area contributed by atoms with Crippen LogP contribution in [0.1, 0.15) is 0 Å². The second-order valence-electron chi connectivity index (χ2n) is 3.39. The molecule has 1 fully saturated rings. The first-order valence-corrected chi connectivity index (χ1v) is 4.32. The molecule has 0 amide bonds. The number of aliphatic hydroxyl groups is 1. The molecule has 14 heavy (non-hydrogen) atoms. The fraction of sp³-hybridized carbons (Fsp3) is 1.00. The number of ether oxygens (including phenoxy) is 2. The summed E-state index contributed by atoms with van der Waals surface area (Å²) in [5.74, 6) is -0.679. The minimum atomic E-state index is -2.70. The number of likely N-dealkylation sites (tertiary alicyclic amines) is 1. The van der Waals surface area contributed by atoms with Gasteiger partial charge in [0.2, 0.25) is 0 Å². The van der Waals surface area contributed by atoms with E-state index in [2.05, 4.69) is 0 Å². The lowest BCUT2D eigenvalue weighted by atomic mass is 10.1. The minimum Gasteiger partial charge on any atom is -0.386 e. The largest absolute Gasteiger partial charge is 0.386 e. The van der Waals surface area contributed by atoms with Crippen molar-refractivity contribution in [2.45, 2.75) is 18.3 Å². The Bertz CT molecular complexity index is 177. The number of alkyl halides is 2. The molecule has 1 heterocycles. The van der Waals surface area contributed by atoms with Crippen molar-refractivity contribution in [2.24, 2.45) is 0 Å². The molecule has 4 nitrogen and oxygen atoms in total. The van der Waals surface area contributed by atoms with Gasteiger partial charge in [-0.3, -0.25) is 4.90 Å². The summed E-state index contributed by atoms with van der Waals surface area (Å²) in [6.07, 6.45) is -4.29. The molecule has 1 aliphatic rings. The summed E-state index contributed by atoms with van der Waals surface area (Å²) in [5.41, 5.74) is 0. The lowest BCUT2D eigenvalue weighted by Gasteiger charge is -2.48. The summed E-state index contributed by atoms with van der Waals surface area (Å²) in [6, 6.07) is 0. The molecule has 1 unspecified atom stereocenters. The summed E-state index contributed by atoms with van der Waals surface area (Å²) in [7, 11) is 3.01. The van der Waals surface area contributed by atoms with Gasteiger partial charge < -0.3 is 14.6 Å². The number of halogens is 2. The Morgan fingerprint density at radius 3 is 2.21 bits per heavy atom. The Hall–Kier alpha value is -0.300. The van der Waals surface area contributed by atoms with Crippen LogP contribution in [0.4, 0.5) is 8.78 Å². The van der Waals surface area contributed by atoms with Gasteiger partial charge in [-0.05, 0) is 0 Å². The molecule has 0 aliphatic carbocycles. The van der Waals surface area contributed by atoms with Gasteiger partial charge in [0.25, 0.3) is 6.43 Å². The van der Waals surface area contributed by atoms with Crippen LogP contribution in [0.5, 0.6) is 0 Å². The Morgan fingerprint density at radius 1 is 1.36 bits per heavy atom. The van der Waals surface area contributed by atoms with E-state index in [1.807, 2.05) is 0 Å².